The van der Waals surface area contributed by atoms with Gasteiger partial charge in [0.2, 0.25) is 0 Å². The van der Waals surface area contributed by atoms with Gasteiger partial charge in [-0.05, 0) is 40.6 Å². The van der Waals surface area contributed by atoms with Crippen molar-refractivity contribution in [2.45, 2.75) is 76.7 Å². The molecule has 2 aromatic rings. The first kappa shape index (κ1) is 41.7. The molecule has 0 aliphatic carbocycles. The summed E-state index contributed by atoms with van der Waals surface area (Å²) in [6, 6.07) is 21.4. The van der Waals surface area contributed by atoms with Crippen LogP contribution >= 0.6 is 0 Å². The fourth-order valence-corrected chi connectivity index (χ4v) is 10.4. The van der Waals surface area contributed by atoms with Crippen LogP contribution in [0, 0.1) is 5.92 Å². The van der Waals surface area contributed by atoms with Crippen LogP contribution in [0.4, 0.5) is 0 Å². The Morgan fingerprint density at radius 1 is 0.708 bits per heavy atom. The lowest BCUT2D eigenvalue weighted by molar-refractivity contribution is -0.116. The predicted molar refractivity (Wildman–Crippen MR) is 196 cm³/mol. The molecule has 9 heteroatoms. The van der Waals surface area contributed by atoms with Crippen LogP contribution in [0.3, 0.4) is 0 Å². The highest BCUT2D eigenvalue weighted by atomic mass is 28.4. The molecule has 0 saturated heterocycles. The molecule has 0 radical (unpaired) electrons. The monoisotopic (exact) mass is 684 g/mol. The molecular formula is C39H60O8Si. The van der Waals surface area contributed by atoms with Crippen molar-refractivity contribution < 1.29 is 38.0 Å². The normalized spacial score (nSPS) is 15.4. The van der Waals surface area contributed by atoms with E-state index in [4.69, 9.17) is 38.0 Å². The second-order valence-corrected chi connectivity index (χ2v) is 17.2. The Morgan fingerprint density at radius 2 is 1.27 bits per heavy atom. The van der Waals surface area contributed by atoms with Gasteiger partial charge in [-0.3, -0.25) is 0 Å². The van der Waals surface area contributed by atoms with Crippen LogP contribution < -0.4 is 10.4 Å². The zero-order valence-corrected chi connectivity index (χ0v) is 31.2. The van der Waals surface area contributed by atoms with Crippen molar-refractivity contribution >= 4 is 18.7 Å². The molecule has 0 amide bonds. The highest BCUT2D eigenvalue weighted by molar-refractivity contribution is 6.99. The van der Waals surface area contributed by atoms with Crippen molar-refractivity contribution in [1.29, 1.82) is 0 Å². The van der Waals surface area contributed by atoms with Crippen LogP contribution in [0.15, 0.2) is 97.1 Å². The predicted octanol–water partition coefficient (Wildman–Crippen LogP) is 6.39. The van der Waals surface area contributed by atoms with Gasteiger partial charge in [0, 0.05) is 34.4 Å². The number of benzene rings is 2. The topological polar surface area (TPSA) is 84.8 Å². The number of rotatable bonds is 25. The molecule has 2 aromatic carbocycles. The summed E-state index contributed by atoms with van der Waals surface area (Å²) in [4.78, 5) is 0. The van der Waals surface area contributed by atoms with Crippen LogP contribution in [0.5, 0.6) is 0 Å². The van der Waals surface area contributed by atoms with E-state index in [1.165, 1.54) is 10.4 Å². The Hall–Kier alpha value is -2.44. The van der Waals surface area contributed by atoms with E-state index in [9.17, 15) is 0 Å². The summed E-state index contributed by atoms with van der Waals surface area (Å²) >= 11 is 0. The molecule has 8 nitrogen and oxygen atoms in total. The molecule has 0 aliphatic heterocycles. The second kappa shape index (κ2) is 23.8. The molecule has 48 heavy (non-hydrogen) atoms. The smallest absolute Gasteiger partial charge is 0.261 e. The van der Waals surface area contributed by atoms with Crippen molar-refractivity contribution in [1.82, 2.24) is 0 Å². The fraction of sp³-hybridized carbons (Fsp3) is 0.538. The number of allylic oxidation sites excluding steroid dienone is 3. The third kappa shape index (κ3) is 14.2. The largest absolute Gasteiger partial charge is 0.407 e. The Morgan fingerprint density at radius 3 is 1.81 bits per heavy atom. The first-order valence-corrected chi connectivity index (χ1v) is 18.8. The Balaban J connectivity index is 2.17. The Bertz CT molecular complexity index is 1130. The van der Waals surface area contributed by atoms with Gasteiger partial charge in [-0.25, -0.2) is 0 Å². The van der Waals surface area contributed by atoms with Crippen LogP contribution in [0.2, 0.25) is 5.04 Å². The van der Waals surface area contributed by atoms with Crippen molar-refractivity contribution in [2.75, 3.05) is 54.9 Å². The lowest BCUT2D eigenvalue weighted by Crippen LogP contribution is -2.66. The summed E-state index contributed by atoms with van der Waals surface area (Å²) in [5.74, 6) is 0.218. The van der Waals surface area contributed by atoms with Gasteiger partial charge < -0.3 is 38.0 Å². The van der Waals surface area contributed by atoms with Crippen LogP contribution in [0.25, 0.3) is 0 Å². The van der Waals surface area contributed by atoms with Crippen molar-refractivity contribution in [3.8, 4) is 0 Å². The number of aliphatic hydroxyl groups excluding tert-OH is 1. The molecule has 0 aliphatic rings. The van der Waals surface area contributed by atoms with Gasteiger partial charge in [0.25, 0.3) is 8.32 Å². The van der Waals surface area contributed by atoms with Gasteiger partial charge in [0.1, 0.15) is 20.4 Å². The van der Waals surface area contributed by atoms with Crippen LogP contribution in [-0.4, -0.2) is 86.7 Å². The number of methoxy groups -OCH3 is 3. The maximum Gasteiger partial charge on any atom is 0.261 e. The molecule has 0 spiro atoms. The first-order valence-electron chi connectivity index (χ1n) is 16.9. The van der Waals surface area contributed by atoms with Gasteiger partial charge in [-0.1, -0.05) is 125 Å². The van der Waals surface area contributed by atoms with E-state index >= 15 is 0 Å². The first-order chi connectivity index (χ1) is 23.2. The molecule has 2 rings (SSSR count). The van der Waals surface area contributed by atoms with Crippen molar-refractivity contribution in [3.63, 3.8) is 0 Å². The zero-order chi connectivity index (χ0) is 35.1. The van der Waals surface area contributed by atoms with Gasteiger partial charge in [0.05, 0.1) is 24.9 Å². The summed E-state index contributed by atoms with van der Waals surface area (Å²) < 4.78 is 41.0. The van der Waals surface area contributed by atoms with E-state index in [0.29, 0.717) is 25.9 Å². The average molecular weight is 685 g/mol. The van der Waals surface area contributed by atoms with E-state index in [-0.39, 0.29) is 56.3 Å². The summed E-state index contributed by atoms with van der Waals surface area (Å²) in [5, 5.41) is 11.4. The number of aliphatic hydroxyl groups is 1. The number of hydrogen-bond acceptors (Lipinski definition) is 8. The van der Waals surface area contributed by atoms with E-state index < -0.39 is 8.32 Å². The lowest BCUT2D eigenvalue weighted by Gasteiger charge is -2.43. The minimum atomic E-state index is -2.66. The third-order valence-corrected chi connectivity index (χ3v) is 13.3. The van der Waals surface area contributed by atoms with Crippen molar-refractivity contribution in [3.05, 3.63) is 97.1 Å². The maximum absolute atomic E-state index is 9.05. The standard InChI is InChI=1S/C39H60O8Si/c1-33(19-17-18-27-40)38(46-32-43-7)25-16-8-11-20-34(44-30-41-5)29-35(45-31-42-6)26-28-47-48(39(2,3)4,36-21-12-9-13-22-36)37-23-14-10-15-24-37/h8-18,21-25,33-35,38,40H,19-20,26-32H2,1-7H3/b11-8+,18-17+,25-16-/t33-,34+,35-,38+/m0/s1. The summed E-state index contributed by atoms with van der Waals surface area (Å²) in [6.07, 6.45) is 14.3. The van der Waals surface area contributed by atoms with Gasteiger partial charge >= 0.3 is 0 Å². The highest BCUT2D eigenvalue weighted by Crippen LogP contribution is 2.37. The number of ether oxygens (including phenoxy) is 6. The minimum absolute atomic E-state index is 0.0341. The van der Waals surface area contributed by atoms with Gasteiger partial charge in [-0.2, -0.15) is 0 Å². The van der Waals surface area contributed by atoms with Gasteiger partial charge in [-0.15, -0.1) is 0 Å². The molecule has 0 unspecified atom stereocenters. The van der Waals surface area contributed by atoms with E-state index in [1.54, 1.807) is 27.4 Å². The fourth-order valence-electron chi connectivity index (χ4n) is 5.79. The molecule has 268 valence electrons. The lowest BCUT2D eigenvalue weighted by atomic mass is 10.00. The second-order valence-electron chi connectivity index (χ2n) is 12.9. The molecule has 0 heterocycles. The number of hydrogen-bond donors (Lipinski definition) is 1. The highest BCUT2D eigenvalue weighted by Gasteiger charge is 2.50. The third-order valence-electron chi connectivity index (χ3n) is 8.21. The molecule has 0 bridgehead atoms. The molecule has 1 N–H and O–H groups in total. The Labute approximate surface area is 290 Å². The Kier molecular flexibility index (Phi) is 20.7. The van der Waals surface area contributed by atoms with Crippen LogP contribution in [0.1, 0.15) is 53.4 Å². The molecule has 0 saturated carbocycles. The molecule has 0 aromatic heterocycles. The van der Waals surface area contributed by atoms with E-state index in [1.807, 2.05) is 24.3 Å². The minimum Gasteiger partial charge on any atom is -0.407 e. The van der Waals surface area contributed by atoms with Crippen molar-refractivity contribution in [2.24, 2.45) is 5.92 Å². The SMILES string of the molecule is COCO[C@H](C/C=C/C=C\[C@@H](OCOC)[C@@H](C)C/C=C/CO)C[C@H](CCO[Si](c1ccccc1)(c1ccccc1)C(C)(C)C)OCOC. The summed E-state index contributed by atoms with van der Waals surface area (Å²) in [7, 11) is 2.21. The zero-order valence-electron chi connectivity index (χ0n) is 30.2. The quantitative estimate of drug-likeness (QED) is 0.0558. The average Bonchev–Trinajstić information content (AvgIpc) is 3.09. The maximum atomic E-state index is 9.05. The molecule has 0 fully saturated rings. The van der Waals surface area contributed by atoms with Crippen LogP contribution in [-0.2, 0) is 32.8 Å². The van der Waals surface area contributed by atoms with E-state index in [2.05, 4.69) is 94.4 Å². The summed E-state index contributed by atoms with van der Waals surface area (Å²) in [6.45, 7) is 10.1. The summed E-state index contributed by atoms with van der Waals surface area (Å²) in [5.41, 5.74) is 0. The van der Waals surface area contributed by atoms with E-state index in [0.717, 1.165) is 6.42 Å². The molecular weight excluding hydrogens is 625 g/mol. The van der Waals surface area contributed by atoms with Gasteiger partial charge in [0.15, 0.2) is 0 Å². The molecule has 4 atom stereocenters.